The number of aromatic nitrogens is 1. The van der Waals surface area contributed by atoms with Crippen LogP contribution in [-0.2, 0) is 20.8 Å². The zero-order valence-corrected chi connectivity index (χ0v) is 33.3. The highest BCUT2D eigenvalue weighted by Gasteiger charge is 2.45. The van der Waals surface area contributed by atoms with Gasteiger partial charge in [0, 0.05) is 80.3 Å². The second-order valence-corrected chi connectivity index (χ2v) is 18.4. The number of likely N-dealkylation sites (tertiary alicyclic amines) is 2. The van der Waals surface area contributed by atoms with Crippen molar-refractivity contribution < 1.29 is 23.6 Å². The number of nitrogens with one attached hydrogen (secondary N) is 2. The molecule has 9 heterocycles. The first kappa shape index (κ1) is 38.4. The molecule has 2 atom stereocenters. The third-order valence-corrected chi connectivity index (χ3v) is 14.7. The molecular formula is C41H57FN8O4S. The molecule has 8 aliphatic rings. The van der Waals surface area contributed by atoms with Crippen LogP contribution in [-0.4, -0.2) is 149 Å². The van der Waals surface area contributed by atoms with Gasteiger partial charge < -0.3 is 30.2 Å². The Kier molecular flexibility index (Phi) is 11.3. The van der Waals surface area contributed by atoms with E-state index in [2.05, 4.69) is 32.4 Å². The van der Waals surface area contributed by atoms with Gasteiger partial charge in [-0.25, -0.2) is 9.37 Å². The molecule has 2 N–H and O–H groups in total. The van der Waals surface area contributed by atoms with E-state index in [9.17, 15) is 23.6 Å². The second kappa shape index (κ2) is 16.2. The van der Waals surface area contributed by atoms with Gasteiger partial charge in [0.2, 0.25) is 17.7 Å². The molecule has 4 amide bonds. The maximum atomic E-state index is 14.4. The van der Waals surface area contributed by atoms with Gasteiger partial charge in [-0.3, -0.25) is 24.1 Å². The van der Waals surface area contributed by atoms with Crippen LogP contribution in [0.15, 0.2) is 24.3 Å². The van der Waals surface area contributed by atoms with Crippen molar-refractivity contribution in [3.05, 3.63) is 51.2 Å². The predicted octanol–water partition coefficient (Wildman–Crippen LogP) is 3.15. The third kappa shape index (κ3) is 8.47. The molecule has 1 spiro atoms. The Labute approximate surface area is 328 Å². The number of carbonyl (C=O) groups is 4. The first-order valence-electron chi connectivity index (χ1n) is 20.6. The molecule has 14 heteroatoms. The lowest BCUT2D eigenvalue weighted by atomic mass is 9.83. The van der Waals surface area contributed by atoms with E-state index in [1.807, 2.05) is 11.8 Å². The second-order valence-electron chi connectivity index (χ2n) is 17.1. The van der Waals surface area contributed by atoms with Crippen LogP contribution in [0, 0.1) is 12.7 Å². The van der Waals surface area contributed by atoms with E-state index in [1.165, 1.54) is 24.3 Å². The number of benzene rings is 1. The average molecular weight is 777 g/mol. The van der Waals surface area contributed by atoms with Crippen LogP contribution in [0.3, 0.4) is 0 Å². The van der Waals surface area contributed by atoms with Crippen molar-refractivity contribution in [1.82, 2.24) is 40.1 Å². The standard InChI is InChI=1S/C41H57FN8O4S/c1-27-34-24-36(51)45-41(13-21-49(22-14-41)39(53)29-3-5-30(42)6-4-29)25-37(52)47-19-11-33(12-20-47)50-26-32(43-31-9-15-46(2)16-10-31)23-35(50)40(54)48-17-7-28(8-18-48)38(44-34)55-27/h3-6,28,31-33,35,43H,7-26H2,1-2H3,(H,45,51)/t32-,35-/m0/s1. The molecule has 1 aromatic heterocycles. The van der Waals surface area contributed by atoms with Crippen molar-refractivity contribution in [3.8, 4) is 0 Å². The predicted molar refractivity (Wildman–Crippen MR) is 208 cm³/mol. The van der Waals surface area contributed by atoms with E-state index in [4.69, 9.17) is 4.98 Å². The molecule has 2 aromatic rings. The number of amides is 4. The zero-order valence-electron chi connectivity index (χ0n) is 32.4. The highest BCUT2D eigenvalue weighted by Crippen LogP contribution is 2.36. The van der Waals surface area contributed by atoms with Gasteiger partial charge in [0.15, 0.2) is 0 Å². The minimum absolute atomic E-state index is 0.0119. The summed E-state index contributed by atoms with van der Waals surface area (Å²) < 4.78 is 13.6. The van der Waals surface area contributed by atoms with E-state index in [1.54, 1.807) is 16.2 Å². The number of rotatable bonds is 3. The SMILES string of the molecule is Cc1sc2nc1CC(=O)NC1(CCN(C(=O)c3ccc(F)cc3)CC1)CC(=O)N1CCC(CC1)N1C[C@@H](NC3CCN(C)CC3)C[C@H]1C(=O)N1CCC2CC1. The molecule has 12 nitrogen and oxygen atoms in total. The molecule has 55 heavy (non-hydrogen) atoms. The summed E-state index contributed by atoms with van der Waals surface area (Å²) >= 11 is 1.66. The smallest absolute Gasteiger partial charge is 0.253 e. The summed E-state index contributed by atoms with van der Waals surface area (Å²) in [5.74, 6) is -0.224. The highest BCUT2D eigenvalue weighted by atomic mass is 32.1. The Hall–Kier alpha value is -3.46. The largest absolute Gasteiger partial charge is 0.350 e. The normalized spacial score (nSPS) is 26.9. The van der Waals surface area contributed by atoms with Gasteiger partial charge in [0.1, 0.15) is 5.82 Å². The molecule has 0 radical (unpaired) electrons. The number of piperidine rings is 4. The Balaban J connectivity index is 1.02. The molecular weight excluding hydrogens is 720 g/mol. The molecule has 1 aromatic carbocycles. The van der Waals surface area contributed by atoms with Crippen molar-refractivity contribution in [2.24, 2.45) is 0 Å². The molecule has 5 saturated heterocycles. The van der Waals surface area contributed by atoms with Gasteiger partial charge in [-0.05, 0) is 109 Å². The first-order chi connectivity index (χ1) is 26.5. The monoisotopic (exact) mass is 776 g/mol. The molecule has 5 fully saturated rings. The van der Waals surface area contributed by atoms with Crippen LogP contribution in [0.4, 0.5) is 4.39 Å². The van der Waals surface area contributed by atoms with E-state index in [-0.39, 0.29) is 60.5 Å². The van der Waals surface area contributed by atoms with Gasteiger partial charge in [0.05, 0.1) is 35.1 Å². The van der Waals surface area contributed by atoms with Crippen molar-refractivity contribution in [1.29, 1.82) is 0 Å². The maximum Gasteiger partial charge on any atom is 0.253 e. The van der Waals surface area contributed by atoms with Gasteiger partial charge in [0.25, 0.3) is 5.91 Å². The Morgan fingerprint density at radius 2 is 1.56 bits per heavy atom. The van der Waals surface area contributed by atoms with E-state index in [0.717, 1.165) is 80.2 Å². The Bertz CT molecular complexity index is 1720. The molecule has 0 aliphatic carbocycles. The fourth-order valence-electron chi connectivity index (χ4n) is 10.1. The first-order valence-corrected chi connectivity index (χ1v) is 21.4. The quantitative estimate of drug-likeness (QED) is 0.489. The summed E-state index contributed by atoms with van der Waals surface area (Å²) in [6, 6.07) is 6.37. The molecule has 8 aliphatic heterocycles. The number of aryl methyl sites for hydroxylation is 1. The number of hydrogen-bond acceptors (Lipinski definition) is 9. The fourth-order valence-corrected chi connectivity index (χ4v) is 11.2. The van der Waals surface area contributed by atoms with Crippen LogP contribution < -0.4 is 10.6 Å². The van der Waals surface area contributed by atoms with Crippen molar-refractivity contribution in [2.45, 2.75) is 113 Å². The van der Waals surface area contributed by atoms with E-state index in [0.29, 0.717) is 63.7 Å². The number of hydrogen-bond donors (Lipinski definition) is 2. The summed E-state index contributed by atoms with van der Waals surface area (Å²) in [5.41, 5.74) is 0.384. The number of fused-ring (bicyclic) bond motifs is 2. The van der Waals surface area contributed by atoms with Crippen LogP contribution in [0.25, 0.3) is 0 Å². The van der Waals surface area contributed by atoms with Crippen LogP contribution in [0.2, 0.25) is 0 Å². The molecule has 0 unspecified atom stereocenters. The van der Waals surface area contributed by atoms with Crippen molar-refractivity contribution in [3.63, 3.8) is 0 Å². The number of halogens is 1. The number of carbonyl (C=O) groups excluding carboxylic acids is 4. The number of thiazole rings is 1. The maximum absolute atomic E-state index is 14.4. The molecule has 10 rings (SSSR count). The summed E-state index contributed by atoms with van der Waals surface area (Å²) in [7, 11) is 2.18. The molecule has 298 valence electrons. The van der Waals surface area contributed by atoms with Gasteiger partial charge in [-0.1, -0.05) is 0 Å². The zero-order chi connectivity index (χ0) is 38.3. The van der Waals surface area contributed by atoms with Crippen LogP contribution in [0.5, 0.6) is 0 Å². The van der Waals surface area contributed by atoms with E-state index >= 15 is 0 Å². The van der Waals surface area contributed by atoms with Crippen LogP contribution in [0.1, 0.15) is 96.1 Å². The lowest BCUT2D eigenvalue weighted by Gasteiger charge is -2.44. The minimum atomic E-state index is -0.801. The van der Waals surface area contributed by atoms with Gasteiger partial charge in [-0.2, -0.15) is 0 Å². The van der Waals surface area contributed by atoms with Gasteiger partial charge >= 0.3 is 0 Å². The molecule has 6 bridgehead atoms. The van der Waals surface area contributed by atoms with Crippen LogP contribution >= 0.6 is 11.3 Å². The summed E-state index contributed by atoms with van der Waals surface area (Å²) in [5, 5.41) is 8.31. The van der Waals surface area contributed by atoms with Crippen molar-refractivity contribution >= 4 is 35.0 Å². The summed E-state index contributed by atoms with van der Waals surface area (Å²) in [6.07, 6.45) is 7.60. The van der Waals surface area contributed by atoms with E-state index < -0.39 is 11.4 Å². The number of nitrogens with zero attached hydrogens (tertiary/aromatic N) is 6. The third-order valence-electron chi connectivity index (χ3n) is 13.5. The minimum Gasteiger partial charge on any atom is -0.350 e. The average Bonchev–Trinajstić information content (AvgIpc) is 3.78. The lowest BCUT2D eigenvalue weighted by Crippen LogP contribution is -2.59. The summed E-state index contributed by atoms with van der Waals surface area (Å²) in [6.45, 7) is 8.45. The summed E-state index contributed by atoms with van der Waals surface area (Å²) in [4.78, 5) is 72.4. The molecule has 0 saturated carbocycles. The Morgan fingerprint density at radius 3 is 2.25 bits per heavy atom. The Morgan fingerprint density at radius 1 is 0.891 bits per heavy atom. The van der Waals surface area contributed by atoms with Gasteiger partial charge in [-0.15, -0.1) is 11.3 Å². The topological polar surface area (TPSA) is 121 Å². The lowest BCUT2D eigenvalue weighted by molar-refractivity contribution is -0.140. The fraction of sp³-hybridized carbons (Fsp3) is 0.683. The van der Waals surface area contributed by atoms with Crippen molar-refractivity contribution in [2.75, 3.05) is 66.0 Å². The highest BCUT2D eigenvalue weighted by molar-refractivity contribution is 7.11.